The van der Waals surface area contributed by atoms with Gasteiger partial charge in [0.2, 0.25) is 0 Å². The van der Waals surface area contributed by atoms with E-state index >= 15 is 0 Å². The van der Waals surface area contributed by atoms with Crippen molar-refractivity contribution in [2.75, 3.05) is 12.4 Å². The Hall–Kier alpha value is -1.16. The Balaban J connectivity index is 1.59. The SMILES string of the molecule is Clc1ccc(COc2ccc(C3OCCS3)cc2)cc1. The molecule has 1 aliphatic rings. The first-order valence-electron chi connectivity index (χ1n) is 6.52. The first-order valence-corrected chi connectivity index (χ1v) is 7.94. The fourth-order valence-electron chi connectivity index (χ4n) is 2.02. The van der Waals surface area contributed by atoms with Crippen LogP contribution < -0.4 is 4.74 Å². The standard InChI is InChI=1S/C16H15ClO2S/c17-14-5-1-12(2-6-14)11-19-15-7-3-13(4-8-15)16-18-9-10-20-16/h1-8,16H,9-11H2. The smallest absolute Gasteiger partial charge is 0.128 e. The first-order chi connectivity index (χ1) is 9.81. The van der Waals surface area contributed by atoms with Crippen LogP contribution in [0.25, 0.3) is 0 Å². The van der Waals surface area contributed by atoms with E-state index in [0.717, 1.165) is 28.7 Å². The van der Waals surface area contributed by atoms with Gasteiger partial charge in [-0.2, -0.15) is 0 Å². The van der Waals surface area contributed by atoms with Gasteiger partial charge in [0.25, 0.3) is 0 Å². The predicted octanol–water partition coefficient (Wildman–Crippen LogP) is 4.68. The summed E-state index contributed by atoms with van der Waals surface area (Å²) in [6, 6.07) is 15.8. The van der Waals surface area contributed by atoms with Gasteiger partial charge in [0.15, 0.2) is 0 Å². The molecule has 2 nitrogen and oxygen atoms in total. The van der Waals surface area contributed by atoms with Crippen LogP contribution in [0.4, 0.5) is 0 Å². The second-order valence-corrected chi connectivity index (χ2v) is 6.16. The third-order valence-electron chi connectivity index (χ3n) is 3.09. The summed E-state index contributed by atoms with van der Waals surface area (Å²) in [7, 11) is 0. The Morgan fingerprint density at radius 1 is 1.10 bits per heavy atom. The molecular weight excluding hydrogens is 292 g/mol. The van der Waals surface area contributed by atoms with Crippen LogP contribution in [0, 0.1) is 0 Å². The first kappa shape index (κ1) is 13.8. The van der Waals surface area contributed by atoms with Gasteiger partial charge in [0.1, 0.15) is 17.8 Å². The molecule has 1 heterocycles. The van der Waals surface area contributed by atoms with E-state index in [9.17, 15) is 0 Å². The number of hydrogen-bond donors (Lipinski definition) is 0. The molecule has 1 atom stereocenters. The minimum Gasteiger partial charge on any atom is -0.489 e. The van der Waals surface area contributed by atoms with E-state index in [4.69, 9.17) is 21.1 Å². The molecule has 4 heteroatoms. The fraction of sp³-hybridized carbons (Fsp3) is 0.250. The molecule has 0 amide bonds. The second-order valence-electron chi connectivity index (χ2n) is 4.56. The summed E-state index contributed by atoms with van der Waals surface area (Å²) < 4.78 is 11.4. The van der Waals surface area contributed by atoms with E-state index in [-0.39, 0.29) is 5.44 Å². The number of thioether (sulfide) groups is 1. The van der Waals surface area contributed by atoms with Gasteiger partial charge in [-0.3, -0.25) is 0 Å². The van der Waals surface area contributed by atoms with Gasteiger partial charge in [-0.25, -0.2) is 0 Å². The van der Waals surface area contributed by atoms with E-state index in [2.05, 4.69) is 12.1 Å². The lowest BCUT2D eigenvalue weighted by Gasteiger charge is -2.10. The summed E-state index contributed by atoms with van der Waals surface area (Å²) in [4.78, 5) is 0. The largest absolute Gasteiger partial charge is 0.489 e. The van der Waals surface area contributed by atoms with Crippen LogP contribution in [0.2, 0.25) is 5.02 Å². The molecule has 20 heavy (non-hydrogen) atoms. The summed E-state index contributed by atoms with van der Waals surface area (Å²) >= 11 is 7.69. The van der Waals surface area contributed by atoms with Gasteiger partial charge in [0, 0.05) is 10.8 Å². The van der Waals surface area contributed by atoms with E-state index in [1.807, 2.05) is 48.2 Å². The number of ether oxygens (including phenoxy) is 2. The van der Waals surface area contributed by atoms with Gasteiger partial charge in [-0.05, 0) is 35.4 Å². The van der Waals surface area contributed by atoms with Gasteiger partial charge in [-0.15, -0.1) is 11.8 Å². The maximum absolute atomic E-state index is 5.85. The maximum Gasteiger partial charge on any atom is 0.128 e. The van der Waals surface area contributed by atoms with Crippen molar-refractivity contribution in [1.82, 2.24) is 0 Å². The summed E-state index contributed by atoms with van der Waals surface area (Å²) in [5.74, 6) is 1.94. The van der Waals surface area contributed by atoms with Crippen LogP contribution in [-0.2, 0) is 11.3 Å². The molecule has 0 aliphatic carbocycles. The molecule has 0 N–H and O–H groups in total. The zero-order valence-electron chi connectivity index (χ0n) is 10.9. The zero-order valence-corrected chi connectivity index (χ0v) is 12.5. The Labute approximate surface area is 128 Å². The lowest BCUT2D eigenvalue weighted by molar-refractivity contribution is 0.145. The van der Waals surface area contributed by atoms with Crippen molar-refractivity contribution in [3.05, 3.63) is 64.7 Å². The predicted molar refractivity (Wildman–Crippen MR) is 83.4 cm³/mol. The highest BCUT2D eigenvalue weighted by Gasteiger charge is 2.17. The number of rotatable bonds is 4. The van der Waals surface area contributed by atoms with E-state index in [1.165, 1.54) is 5.56 Å². The molecular formula is C16H15ClO2S. The van der Waals surface area contributed by atoms with Crippen LogP contribution in [-0.4, -0.2) is 12.4 Å². The van der Waals surface area contributed by atoms with Gasteiger partial charge in [0.05, 0.1) is 6.61 Å². The Morgan fingerprint density at radius 2 is 1.85 bits per heavy atom. The monoisotopic (exact) mass is 306 g/mol. The van der Waals surface area contributed by atoms with E-state index in [1.54, 1.807) is 0 Å². The maximum atomic E-state index is 5.85. The van der Waals surface area contributed by atoms with Crippen LogP contribution in [0.5, 0.6) is 5.75 Å². The third kappa shape index (κ3) is 3.48. The van der Waals surface area contributed by atoms with Crippen molar-refractivity contribution in [3.8, 4) is 5.75 Å². The van der Waals surface area contributed by atoms with E-state index < -0.39 is 0 Å². The number of halogens is 1. The highest BCUT2D eigenvalue weighted by Crippen LogP contribution is 2.35. The number of benzene rings is 2. The highest BCUT2D eigenvalue weighted by molar-refractivity contribution is 7.99. The lowest BCUT2D eigenvalue weighted by atomic mass is 10.2. The van der Waals surface area contributed by atoms with Gasteiger partial charge >= 0.3 is 0 Å². The molecule has 2 aromatic carbocycles. The Kier molecular flexibility index (Phi) is 4.51. The van der Waals surface area contributed by atoms with Gasteiger partial charge in [-0.1, -0.05) is 35.9 Å². The Morgan fingerprint density at radius 3 is 2.50 bits per heavy atom. The van der Waals surface area contributed by atoms with Crippen LogP contribution in [0.3, 0.4) is 0 Å². The topological polar surface area (TPSA) is 18.5 Å². The highest BCUT2D eigenvalue weighted by atomic mass is 35.5. The fourth-order valence-corrected chi connectivity index (χ4v) is 3.09. The molecule has 104 valence electrons. The summed E-state index contributed by atoms with van der Waals surface area (Å²) in [6.45, 7) is 1.38. The average Bonchev–Trinajstić information content (AvgIpc) is 3.01. The zero-order chi connectivity index (χ0) is 13.8. The molecule has 1 saturated heterocycles. The molecule has 0 saturated carbocycles. The molecule has 3 rings (SSSR count). The average molecular weight is 307 g/mol. The van der Waals surface area contributed by atoms with Crippen molar-refractivity contribution in [2.45, 2.75) is 12.0 Å². The molecule has 1 unspecified atom stereocenters. The Bertz CT molecular complexity index is 548. The van der Waals surface area contributed by atoms with Crippen LogP contribution in [0.1, 0.15) is 16.6 Å². The minimum atomic E-state index is 0.181. The van der Waals surface area contributed by atoms with Gasteiger partial charge < -0.3 is 9.47 Å². The minimum absolute atomic E-state index is 0.181. The molecule has 0 spiro atoms. The lowest BCUT2D eigenvalue weighted by Crippen LogP contribution is -1.96. The summed E-state index contributed by atoms with van der Waals surface area (Å²) in [5, 5.41) is 0.743. The van der Waals surface area contributed by atoms with Crippen molar-refractivity contribution in [1.29, 1.82) is 0 Å². The second kappa shape index (κ2) is 6.53. The molecule has 0 aromatic heterocycles. The normalized spacial score (nSPS) is 18.1. The van der Waals surface area contributed by atoms with Crippen molar-refractivity contribution in [2.24, 2.45) is 0 Å². The molecule has 1 fully saturated rings. The van der Waals surface area contributed by atoms with Crippen molar-refractivity contribution in [3.63, 3.8) is 0 Å². The van der Waals surface area contributed by atoms with Crippen molar-refractivity contribution >= 4 is 23.4 Å². The van der Waals surface area contributed by atoms with Crippen molar-refractivity contribution < 1.29 is 9.47 Å². The van der Waals surface area contributed by atoms with Crippen LogP contribution in [0.15, 0.2) is 48.5 Å². The molecule has 0 bridgehead atoms. The summed E-state index contributed by atoms with van der Waals surface area (Å²) in [6.07, 6.45) is 0. The number of hydrogen-bond acceptors (Lipinski definition) is 3. The molecule has 1 aliphatic heterocycles. The third-order valence-corrected chi connectivity index (χ3v) is 4.46. The summed E-state index contributed by atoms with van der Waals surface area (Å²) in [5.41, 5.74) is 2.49. The van der Waals surface area contributed by atoms with Crippen LogP contribution >= 0.6 is 23.4 Å². The van der Waals surface area contributed by atoms with E-state index in [0.29, 0.717) is 6.61 Å². The molecule has 2 aromatic rings. The quantitative estimate of drug-likeness (QED) is 0.817. The molecule has 0 radical (unpaired) electrons.